The Bertz CT molecular complexity index is 1150. The van der Waals surface area contributed by atoms with Crippen molar-refractivity contribution in [3.8, 4) is 0 Å². The molecule has 2 aliphatic heterocycles. The Labute approximate surface area is 199 Å². The molecule has 1 unspecified atom stereocenters. The van der Waals surface area contributed by atoms with E-state index in [0.29, 0.717) is 12.4 Å². The number of aromatic nitrogens is 5. The number of nitrogens with one attached hydrogen (secondary N) is 2. The number of fused-ring (bicyclic) bond motifs is 1. The summed E-state index contributed by atoms with van der Waals surface area (Å²) in [4.78, 5) is 21.7. The number of carbonyl (C=O) groups excluding carboxylic acids is 1. The first-order chi connectivity index (χ1) is 16.3. The highest BCUT2D eigenvalue weighted by Gasteiger charge is 2.30. The fraction of sp³-hybridized carbons (Fsp3) is 0.583. The van der Waals surface area contributed by atoms with Crippen molar-refractivity contribution in [1.82, 2.24) is 29.9 Å². The van der Waals surface area contributed by atoms with Crippen molar-refractivity contribution in [2.75, 3.05) is 43.6 Å². The minimum absolute atomic E-state index is 0.0777. The number of piperidine rings is 1. The van der Waals surface area contributed by atoms with Crippen molar-refractivity contribution in [3.05, 3.63) is 30.2 Å². The van der Waals surface area contributed by atoms with E-state index in [1.165, 1.54) is 0 Å². The van der Waals surface area contributed by atoms with Crippen molar-refractivity contribution in [2.45, 2.75) is 57.5 Å². The van der Waals surface area contributed by atoms with Crippen molar-refractivity contribution in [3.63, 3.8) is 0 Å². The molecule has 0 aliphatic carbocycles. The van der Waals surface area contributed by atoms with Crippen LogP contribution >= 0.6 is 0 Å². The van der Waals surface area contributed by atoms with E-state index in [9.17, 15) is 4.79 Å². The molecule has 1 atom stereocenters. The molecule has 5 heterocycles. The fourth-order valence-corrected chi connectivity index (χ4v) is 4.88. The lowest BCUT2D eigenvalue weighted by atomic mass is 9.91. The van der Waals surface area contributed by atoms with Gasteiger partial charge < -0.3 is 14.5 Å². The first-order valence-electron chi connectivity index (χ1n) is 12.1. The number of rotatable bonds is 4. The van der Waals surface area contributed by atoms with Gasteiger partial charge in [-0.25, -0.2) is 9.78 Å². The van der Waals surface area contributed by atoms with E-state index in [1.54, 1.807) is 6.20 Å². The first-order valence-corrected chi connectivity index (χ1v) is 12.1. The van der Waals surface area contributed by atoms with Gasteiger partial charge in [-0.1, -0.05) is 20.8 Å². The number of carbonyl (C=O) groups is 1. The summed E-state index contributed by atoms with van der Waals surface area (Å²) in [5.74, 6) is 0.602. The van der Waals surface area contributed by atoms with Crippen molar-refractivity contribution < 1.29 is 9.53 Å². The predicted octanol–water partition coefficient (Wildman–Crippen LogP) is 3.55. The average Bonchev–Trinajstić information content (AvgIpc) is 3.58. The van der Waals surface area contributed by atoms with Gasteiger partial charge >= 0.3 is 6.03 Å². The van der Waals surface area contributed by atoms with E-state index < -0.39 is 0 Å². The van der Waals surface area contributed by atoms with Crippen LogP contribution in [0, 0.1) is 0 Å². The molecular weight excluding hydrogens is 432 g/mol. The molecule has 2 saturated heterocycles. The number of aromatic amines is 1. The maximum atomic E-state index is 13.1. The highest BCUT2D eigenvalue weighted by Crippen LogP contribution is 2.31. The second-order valence-corrected chi connectivity index (χ2v) is 10.4. The normalized spacial score (nSPS) is 19.6. The molecule has 3 aromatic rings. The number of urea groups is 1. The van der Waals surface area contributed by atoms with E-state index in [4.69, 9.17) is 9.84 Å². The molecule has 0 radical (unpaired) electrons. The Morgan fingerprint density at radius 2 is 2.00 bits per heavy atom. The number of pyridine rings is 1. The lowest BCUT2D eigenvalue weighted by Crippen LogP contribution is -2.47. The van der Waals surface area contributed by atoms with Crippen LogP contribution in [0.25, 0.3) is 11.0 Å². The number of hydrogen-bond acceptors (Lipinski definition) is 6. The Morgan fingerprint density at radius 3 is 2.71 bits per heavy atom. The summed E-state index contributed by atoms with van der Waals surface area (Å²) in [5, 5.41) is 15.7. The Balaban J connectivity index is 1.22. The summed E-state index contributed by atoms with van der Waals surface area (Å²) in [7, 11) is 1.88. The number of anilines is 2. The van der Waals surface area contributed by atoms with Crippen LogP contribution in [0.15, 0.2) is 24.5 Å². The van der Waals surface area contributed by atoms with Crippen molar-refractivity contribution in [2.24, 2.45) is 0 Å². The Kier molecular flexibility index (Phi) is 5.93. The van der Waals surface area contributed by atoms with Crippen LogP contribution in [0.4, 0.5) is 16.3 Å². The summed E-state index contributed by atoms with van der Waals surface area (Å²) in [6.07, 6.45) is 6.42. The van der Waals surface area contributed by atoms with Gasteiger partial charge in [0.25, 0.3) is 0 Å². The van der Waals surface area contributed by atoms with Gasteiger partial charge in [-0.3, -0.25) is 15.1 Å². The highest BCUT2D eigenvalue weighted by molar-refractivity contribution is 5.88. The smallest absolute Gasteiger partial charge is 0.323 e. The number of hydrogen-bond donors (Lipinski definition) is 2. The molecule has 2 aliphatic rings. The van der Waals surface area contributed by atoms with E-state index in [2.05, 4.69) is 52.2 Å². The summed E-state index contributed by atoms with van der Waals surface area (Å²) in [6, 6.07) is 4.40. The molecule has 5 rings (SSSR count). The monoisotopic (exact) mass is 466 g/mol. The van der Waals surface area contributed by atoms with Gasteiger partial charge in [0.05, 0.1) is 30.7 Å². The number of H-pyrrole nitrogens is 1. The van der Waals surface area contributed by atoms with Crippen LogP contribution in [0.3, 0.4) is 0 Å². The van der Waals surface area contributed by atoms with Gasteiger partial charge in [0.2, 0.25) is 0 Å². The molecule has 10 nitrogen and oxygen atoms in total. The third-order valence-electron chi connectivity index (χ3n) is 6.97. The zero-order chi connectivity index (χ0) is 23.9. The standard InChI is InChI=1S/C24H34N8O2/c1-24(2,3)20-12-21(29-32(20)18-7-10-34-15-18)27-23(33)30(4)17-5-8-31(9-6-17)19-11-16-13-26-28-22(16)25-14-19/h11-14,17-18H,5-10,15H2,1-4H3,(H,25,26,28)(H,27,29,33). The summed E-state index contributed by atoms with van der Waals surface area (Å²) in [5.41, 5.74) is 2.92. The maximum Gasteiger partial charge on any atom is 0.323 e. The zero-order valence-electron chi connectivity index (χ0n) is 20.4. The maximum absolute atomic E-state index is 13.1. The predicted molar refractivity (Wildman–Crippen MR) is 131 cm³/mol. The Hall–Kier alpha value is -3.14. The number of amides is 2. The minimum atomic E-state index is -0.118. The molecular formula is C24H34N8O2. The lowest BCUT2D eigenvalue weighted by molar-refractivity contribution is 0.183. The molecule has 0 saturated carbocycles. The van der Waals surface area contributed by atoms with Crippen LogP contribution in [0.5, 0.6) is 0 Å². The van der Waals surface area contributed by atoms with Gasteiger partial charge in [-0.2, -0.15) is 10.2 Å². The zero-order valence-corrected chi connectivity index (χ0v) is 20.4. The second kappa shape index (κ2) is 8.90. The quantitative estimate of drug-likeness (QED) is 0.609. The van der Waals surface area contributed by atoms with Gasteiger partial charge in [0.1, 0.15) is 0 Å². The van der Waals surface area contributed by atoms with E-state index in [0.717, 1.165) is 61.4 Å². The Morgan fingerprint density at radius 1 is 1.21 bits per heavy atom. The largest absolute Gasteiger partial charge is 0.379 e. The molecule has 3 aromatic heterocycles. The van der Waals surface area contributed by atoms with Crippen LogP contribution in [-0.4, -0.2) is 75.3 Å². The topological polar surface area (TPSA) is 104 Å². The summed E-state index contributed by atoms with van der Waals surface area (Å²) in [6.45, 7) is 9.67. The molecule has 2 fully saturated rings. The van der Waals surface area contributed by atoms with Crippen molar-refractivity contribution in [1.29, 1.82) is 0 Å². The average molecular weight is 467 g/mol. The molecule has 10 heteroatoms. The van der Waals surface area contributed by atoms with Crippen LogP contribution in [-0.2, 0) is 10.2 Å². The number of nitrogens with zero attached hydrogens (tertiary/aromatic N) is 6. The van der Waals surface area contributed by atoms with Crippen LogP contribution in [0.2, 0.25) is 0 Å². The van der Waals surface area contributed by atoms with Gasteiger partial charge in [-0.15, -0.1) is 0 Å². The van der Waals surface area contributed by atoms with Gasteiger partial charge in [0.15, 0.2) is 11.5 Å². The summed E-state index contributed by atoms with van der Waals surface area (Å²) < 4.78 is 7.62. The molecule has 0 spiro atoms. The molecule has 34 heavy (non-hydrogen) atoms. The van der Waals surface area contributed by atoms with Gasteiger partial charge in [-0.05, 0) is 25.3 Å². The van der Waals surface area contributed by atoms with Crippen LogP contribution in [0.1, 0.15) is 51.8 Å². The molecule has 0 aromatic carbocycles. The van der Waals surface area contributed by atoms with Crippen LogP contribution < -0.4 is 10.2 Å². The molecule has 182 valence electrons. The third kappa shape index (κ3) is 4.46. The van der Waals surface area contributed by atoms with E-state index in [-0.39, 0.29) is 23.5 Å². The molecule has 0 bridgehead atoms. The SMILES string of the molecule is CN(C(=O)Nc1cc(C(C)(C)C)n(C2CCOC2)n1)C1CCN(c2cnc3[nH]ncc3c2)CC1. The van der Waals surface area contributed by atoms with Gasteiger partial charge in [0, 0.05) is 55.3 Å². The highest BCUT2D eigenvalue weighted by atomic mass is 16.5. The first kappa shape index (κ1) is 22.6. The minimum Gasteiger partial charge on any atom is -0.379 e. The van der Waals surface area contributed by atoms with E-state index >= 15 is 0 Å². The molecule has 2 amide bonds. The fourth-order valence-electron chi connectivity index (χ4n) is 4.88. The molecule has 2 N–H and O–H groups in total. The van der Waals surface area contributed by atoms with Crippen molar-refractivity contribution >= 4 is 28.6 Å². The third-order valence-corrected chi connectivity index (χ3v) is 6.97. The summed E-state index contributed by atoms with van der Waals surface area (Å²) >= 11 is 0. The lowest BCUT2D eigenvalue weighted by Gasteiger charge is -2.37. The van der Waals surface area contributed by atoms with E-state index in [1.807, 2.05) is 28.9 Å². The second-order valence-electron chi connectivity index (χ2n) is 10.4. The number of ether oxygens (including phenoxy) is 1.